The van der Waals surface area contributed by atoms with E-state index in [1.165, 1.54) is 18.3 Å². The van der Waals surface area contributed by atoms with Crippen LogP contribution in [-0.4, -0.2) is 33.8 Å². The molecule has 12 heteroatoms. The monoisotopic (exact) mass is 470 g/mol. The summed E-state index contributed by atoms with van der Waals surface area (Å²) in [5.41, 5.74) is -5.48. The number of alkyl halides is 6. The first-order chi connectivity index (χ1) is 15.5. The van der Waals surface area contributed by atoms with Gasteiger partial charge in [0, 0.05) is 36.4 Å². The molecule has 33 heavy (non-hydrogen) atoms. The molecule has 2 heterocycles. The number of hydrogen-bond donors (Lipinski definition) is 2. The van der Waals surface area contributed by atoms with Gasteiger partial charge in [-0.15, -0.1) is 0 Å². The van der Waals surface area contributed by atoms with Gasteiger partial charge in [0.15, 0.2) is 5.82 Å². The molecule has 3 aromatic rings. The number of benzene rings is 1. The fourth-order valence-corrected chi connectivity index (χ4v) is 3.02. The van der Waals surface area contributed by atoms with Crippen LogP contribution < -0.4 is 10.2 Å². The summed E-state index contributed by atoms with van der Waals surface area (Å²) in [6.45, 7) is 0.308. The van der Waals surface area contributed by atoms with E-state index in [1.807, 2.05) is 0 Å². The van der Waals surface area contributed by atoms with Crippen molar-refractivity contribution in [2.45, 2.75) is 24.5 Å². The zero-order valence-electron chi connectivity index (χ0n) is 16.6. The molecule has 174 valence electrons. The van der Waals surface area contributed by atoms with Crippen LogP contribution in [0, 0.1) is 0 Å². The van der Waals surface area contributed by atoms with Gasteiger partial charge in [-0.2, -0.15) is 26.3 Å². The zero-order chi connectivity index (χ0) is 24.3. The van der Waals surface area contributed by atoms with Gasteiger partial charge < -0.3 is 10.4 Å². The Bertz CT molecular complexity index is 1070. The van der Waals surface area contributed by atoms with Crippen molar-refractivity contribution in [2.24, 2.45) is 0 Å². The fourth-order valence-electron chi connectivity index (χ4n) is 3.02. The van der Waals surface area contributed by atoms with Crippen LogP contribution in [0.4, 0.5) is 43.5 Å². The summed E-state index contributed by atoms with van der Waals surface area (Å²) in [7, 11) is 0. The molecule has 0 aliphatic heterocycles. The normalized spacial score (nSPS) is 12.3. The van der Waals surface area contributed by atoms with E-state index in [4.69, 9.17) is 0 Å². The largest absolute Gasteiger partial charge is 0.430 e. The lowest BCUT2D eigenvalue weighted by atomic mass is 9.92. The summed E-state index contributed by atoms with van der Waals surface area (Å²) in [4.78, 5) is 20.8. The number of carbonyl (C=O) groups is 1. The maximum absolute atomic E-state index is 13.1. The molecule has 2 N–H and O–H groups in total. The number of hydrogen-bond acceptors (Lipinski definition) is 5. The van der Waals surface area contributed by atoms with Gasteiger partial charge in [-0.3, -0.25) is 14.7 Å². The number of aromatic nitrogens is 2. The third-order valence-corrected chi connectivity index (χ3v) is 4.74. The molecule has 0 aliphatic carbocycles. The Morgan fingerprint density at radius 1 is 0.909 bits per heavy atom. The lowest BCUT2D eigenvalue weighted by Crippen LogP contribution is -2.53. The molecule has 0 fully saturated rings. The van der Waals surface area contributed by atoms with Crippen molar-refractivity contribution in [1.82, 2.24) is 9.97 Å². The Morgan fingerprint density at radius 3 is 2.06 bits per heavy atom. The predicted octanol–water partition coefficient (Wildman–Crippen LogP) is 4.70. The van der Waals surface area contributed by atoms with Gasteiger partial charge >= 0.3 is 12.4 Å². The third kappa shape index (κ3) is 4.75. The van der Waals surface area contributed by atoms with E-state index in [9.17, 15) is 36.2 Å². The highest BCUT2D eigenvalue weighted by Crippen LogP contribution is 2.50. The van der Waals surface area contributed by atoms with E-state index in [0.29, 0.717) is 25.1 Å². The van der Waals surface area contributed by atoms with Crippen LogP contribution in [0.5, 0.6) is 0 Å². The van der Waals surface area contributed by atoms with Crippen molar-refractivity contribution >= 4 is 23.6 Å². The molecule has 0 saturated carbocycles. The number of aliphatic hydroxyl groups is 1. The standard InChI is InChI=1S/C21H16F6N4O2/c22-20(23,24)19(33,21(25,26)27)15-3-5-16(6-4-15)31(13-32)17-2-1-9-29-18(17)30-12-14-7-10-28-11-8-14/h1-11,13,33H,12H2,(H,29,30). The van der Waals surface area contributed by atoms with E-state index in [2.05, 4.69) is 15.3 Å². The lowest BCUT2D eigenvalue weighted by molar-refractivity contribution is -0.376. The van der Waals surface area contributed by atoms with Crippen molar-refractivity contribution in [3.8, 4) is 0 Å². The molecule has 0 aliphatic rings. The minimum Gasteiger partial charge on any atom is -0.369 e. The van der Waals surface area contributed by atoms with Gasteiger partial charge in [0.1, 0.15) is 0 Å². The van der Waals surface area contributed by atoms with E-state index < -0.39 is 23.5 Å². The number of amides is 1. The van der Waals surface area contributed by atoms with Crippen molar-refractivity contribution in [2.75, 3.05) is 10.2 Å². The van der Waals surface area contributed by atoms with Crippen LogP contribution in [0.15, 0.2) is 67.1 Å². The summed E-state index contributed by atoms with van der Waals surface area (Å²) >= 11 is 0. The van der Waals surface area contributed by atoms with E-state index >= 15 is 0 Å². The van der Waals surface area contributed by atoms with E-state index in [1.54, 1.807) is 24.5 Å². The van der Waals surface area contributed by atoms with Gasteiger partial charge in [-0.25, -0.2) is 4.98 Å². The second kappa shape index (κ2) is 9.06. The molecule has 0 bridgehead atoms. The van der Waals surface area contributed by atoms with Crippen LogP contribution in [0.3, 0.4) is 0 Å². The Labute approximate surface area is 183 Å². The van der Waals surface area contributed by atoms with Crippen molar-refractivity contribution in [1.29, 1.82) is 0 Å². The first kappa shape index (κ1) is 24.0. The molecular weight excluding hydrogens is 454 g/mol. The highest BCUT2D eigenvalue weighted by atomic mass is 19.4. The van der Waals surface area contributed by atoms with Gasteiger partial charge in [0.05, 0.1) is 5.69 Å². The van der Waals surface area contributed by atoms with E-state index in [0.717, 1.165) is 22.6 Å². The average molecular weight is 470 g/mol. The van der Waals surface area contributed by atoms with Crippen LogP contribution in [0.2, 0.25) is 0 Å². The second-order valence-corrected chi connectivity index (χ2v) is 6.81. The smallest absolute Gasteiger partial charge is 0.369 e. The molecule has 6 nitrogen and oxygen atoms in total. The summed E-state index contributed by atoms with van der Waals surface area (Å²) in [5.74, 6) is 0.243. The maximum Gasteiger partial charge on any atom is 0.430 e. The predicted molar refractivity (Wildman–Crippen MR) is 106 cm³/mol. The SMILES string of the molecule is O=CN(c1ccc(C(O)(C(F)(F)F)C(F)(F)F)cc1)c1cccnc1NCc1ccncc1. The second-order valence-electron chi connectivity index (χ2n) is 6.81. The number of anilines is 3. The van der Waals surface area contributed by atoms with Crippen LogP contribution in [0.1, 0.15) is 11.1 Å². The Morgan fingerprint density at radius 2 is 1.52 bits per heavy atom. The van der Waals surface area contributed by atoms with Gasteiger partial charge in [0.25, 0.3) is 5.60 Å². The summed E-state index contributed by atoms with van der Waals surface area (Å²) in [5, 5.41) is 12.5. The molecule has 1 amide bonds. The summed E-state index contributed by atoms with van der Waals surface area (Å²) in [6.07, 6.45) is -7.08. The number of nitrogens with one attached hydrogen (secondary N) is 1. The number of pyridine rings is 2. The highest BCUT2D eigenvalue weighted by Gasteiger charge is 2.71. The highest BCUT2D eigenvalue weighted by molar-refractivity contribution is 5.90. The number of rotatable bonds is 7. The van der Waals surface area contributed by atoms with Gasteiger partial charge in [-0.05, 0) is 42.0 Å². The van der Waals surface area contributed by atoms with Crippen molar-refractivity contribution in [3.05, 3.63) is 78.2 Å². The zero-order valence-corrected chi connectivity index (χ0v) is 16.6. The molecule has 2 aromatic heterocycles. The van der Waals surface area contributed by atoms with Crippen LogP contribution >= 0.6 is 0 Å². The Balaban J connectivity index is 1.93. The third-order valence-electron chi connectivity index (χ3n) is 4.74. The summed E-state index contributed by atoms with van der Waals surface area (Å²) < 4.78 is 78.6. The lowest BCUT2D eigenvalue weighted by Gasteiger charge is -2.33. The number of nitrogens with zero attached hydrogens (tertiary/aromatic N) is 3. The number of carbonyl (C=O) groups excluding carboxylic acids is 1. The molecule has 0 unspecified atom stereocenters. The van der Waals surface area contributed by atoms with Gasteiger partial charge in [-0.1, -0.05) is 12.1 Å². The molecule has 0 spiro atoms. The average Bonchev–Trinajstić information content (AvgIpc) is 2.78. The molecule has 0 radical (unpaired) electrons. The molecule has 0 atom stereocenters. The minimum atomic E-state index is -6.01. The molecule has 0 saturated heterocycles. The maximum atomic E-state index is 13.1. The van der Waals surface area contributed by atoms with E-state index in [-0.39, 0.29) is 17.2 Å². The molecule has 3 rings (SSSR count). The Hall–Kier alpha value is -3.67. The molecule has 1 aromatic carbocycles. The van der Waals surface area contributed by atoms with Gasteiger partial charge in [0.2, 0.25) is 6.41 Å². The summed E-state index contributed by atoms with van der Waals surface area (Å²) in [6, 6.07) is 9.15. The van der Waals surface area contributed by atoms with Crippen molar-refractivity contribution in [3.63, 3.8) is 0 Å². The van der Waals surface area contributed by atoms with Crippen molar-refractivity contribution < 1.29 is 36.2 Å². The fraction of sp³-hybridized carbons (Fsp3) is 0.190. The van der Waals surface area contributed by atoms with Crippen LogP contribution in [0.25, 0.3) is 0 Å². The first-order valence-electron chi connectivity index (χ1n) is 9.27. The number of halogens is 6. The topological polar surface area (TPSA) is 78.4 Å². The van der Waals surface area contributed by atoms with Crippen LogP contribution in [-0.2, 0) is 16.9 Å². The quantitative estimate of drug-likeness (QED) is 0.387. The minimum absolute atomic E-state index is 0.0413. The molecular formula is C21H16F6N4O2. The first-order valence-corrected chi connectivity index (χ1v) is 9.27. The Kier molecular flexibility index (Phi) is 6.58.